The van der Waals surface area contributed by atoms with E-state index in [1.54, 1.807) is 7.05 Å². The zero-order valence-electron chi connectivity index (χ0n) is 10.5. The van der Waals surface area contributed by atoms with Crippen LogP contribution in [0.4, 0.5) is 0 Å². The molecular formula is C12H16ClN5. The maximum atomic E-state index is 5.87. The Morgan fingerprint density at radius 2 is 2.00 bits per heavy atom. The summed E-state index contributed by atoms with van der Waals surface area (Å²) >= 11 is 5.87. The quantitative estimate of drug-likeness (QED) is 0.884. The van der Waals surface area contributed by atoms with Gasteiger partial charge < -0.3 is 5.32 Å². The van der Waals surface area contributed by atoms with E-state index in [4.69, 9.17) is 11.6 Å². The summed E-state index contributed by atoms with van der Waals surface area (Å²) in [7, 11) is 3.71. The largest absolute Gasteiger partial charge is 0.316 e. The summed E-state index contributed by atoms with van der Waals surface area (Å²) in [5, 5.41) is 16.1. The van der Waals surface area contributed by atoms with Crippen molar-refractivity contribution in [3.05, 3.63) is 40.7 Å². The molecule has 0 radical (unpaired) electrons. The van der Waals surface area contributed by atoms with Gasteiger partial charge in [0.2, 0.25) is 0 Å². The predicted octanol–water partition coefficient (Wildman–Crippen LogP) is 1.24. The zero-order chi connectivity index (χ0) is 13.0. The lowest BCUT2D eigenvalue weighted by molar-refractivity contribution is 0.540. The molecule has 1 heterocycles. The molecule has 0 bridgehead atoms. The smallest absolute Gasteiger partial charge is 0.176 e. The number of halogens is 1. The number of aromatic nitrogens is 4. The van der Waals surface area contributed by atoms with Gasteiger partial charge in [0.15, 0.2) is 5.82 Å². The molecule has 1 N–H and O–H groups in total. The van der Waals surface area contributed by atoms with Gasteiger partial charge in [-0.15, -0.1) is 10.2 Å². The van der Waals surface area contributed by atoms with Crippen molar-refractivity contribution in [2.24, 2.45) is 7.05 Å². The molecule has 5 nitrogen and oxygen atoms in total. The minimum atomic E-state index is 0.287. The summed E-state index contributed by atoms with van der Waals surface area (Å²) < 4.78 is 0. The maximum Gasteiger partial charge on any atom is 0.176 e. The molecule has 1 unspecified atom stereocenters. The molecule has 0 amide bonds. The van der Waals surface area contributed by atoms with Crippen LogP contribution < -0.4 is 5.32 Å². The molecule has 6 heteroatoms. The van der Waals surface area contributed by atoms with Crippen LogP contribution in [0.5, 0.6) is 0 Å². The second-order valence-electron chi connectivity index (χ2n) is 4.22. The Morgan fingerprint density at radius 3 is 2.56 bits per heavy atom. The Balaban J connectivity index is 1.99. The molecular weight excluding hydrogens is 250 g/mol. The summed E-state index contributed by atoms with van der Waals surface area (Å²) in [4.78, 5) is 1.48. The molecule has 2 aromatic rings. The number of aryl methyl sites for hydroxylation is 1. The summed E-state index contributed by atoms with van der Waals surface area (Å²) in [6, 6.07) is 8.18. The molecule has 2 rings (SSSR count). The zero-order valence-corrected chi connectivity index (χ0v) is 11.2. The first kappa shape index (κ1) is 13.0. The van der Waals surface area contributed by atoms with Gasteiger partial charge in [0.05, 0.1) is 7.05 Å². The van der Waals surface area contributed by atoms with Crippen molar-refractivity contribution in [3.63, 3.8) is 0 Å². The predicted molar refractivity (Wildman–Crippen MR) is 70.5 cm³/mol. The fourth-order valence-corrected chi connectivity index (χ4v) is 1.93. The Hall–Kier alpha value is -1.46. The van der Waals surface area contributed by atoms with Crippen molar-refractivity contribution in [3.8, 4) is 0 Å². The van der Waals surface area contributed by atoms with Gasteiger partial charge in [0.25, 0.3) is 0 Å². The van der Waals surface area contributed by atoms with Gasteiger partial charge in [0, 0.05) is 17.5 Å². The Labute approximate surface area is 111 Å². The number of rotatable bonds is 5. The number of benzene rings is 1. The summed E-state index contributed by atoms with van der Waals surface area (Å²) in [6.07, 6.45) is 1.67. The SMILES string of the molecule is CNC(Cc1ccc(Cl)cc1)Cc1nnn(C)n1. The molecule has 0 spiro atoms. The molecule has 1 aromatic heterocycles. The Bertz CT molecular complexity index is 493. The molecule has 0 aliphatic heterocycles. The normalized spacial score (nSPS) is 12.6. The van der Waals surface area contributed by atoms with Crippen LogP contribution >= 0.6 is 11.6 Å². The molecule has 0 fully saturated rings. The van der Waals surface area contributed by atoms with Crippen molar-refractivity contribution in [1.29, 1.82) is 0 Å². The van der Waals surface area contributed by atoms with E-state index in [2.05, 4.69) is 20.7 Å². The Kier molecular flexibility index (Phi) is 4.28. The monoisotopic (exact) mass is 265 g/mol. The van der Waals surface area contributed by atoms with Crippen molar-refractivity contribution < 1.29 is 0 Å². The third kappa shape index (κ3) is 3.51. The van der Waals surface area contributed by atoms with Crippen LogP contribution in [0, 0.1) is 0 Å². The van der Waals surface area contributed by atoms with Gasteiger partial charge in [-0.2, -0.15) is 4.80 Å². The first-order valence-corrected chi connectivity index (χ1v) is 6.20. The van der Waals surface area contributed by atoms with E-state index in [0.29, 0.717) is 0 Å². The molecule has 0 aliphatic carbocycles. The highest BCUT2D eigenvalue weighted by molar-refractivity contribution is 6.30. The van der Waals surface area contributed by atoms with E-state index in [-0.39, 0.29) is 6.04 Å². The minimum Gasteiger partial charge on any atom is -0.316 e. The highest BCUT2D eigenvalue weighted by Crippen LogP contribution is 2.12. The lowest BCUT2D eigenvalue weighted by atomic mass is 10.0. The summed E-state index contributed by atoms with van der Waals surface area (Å²) in [5.41, 5.74) is 1.24. The molecule has 0 saturated carbocycles. The molecule has 1 aromatic carbocycles. The average molecular weight is 266 g/mol. The molecule has 0 aliphatic rings. The maximum absolute atomic E-state index is 5.87. The fourth-order valence-electron chi connectivity index (χ4n) is 1.81. The van der Waals surface area contributed by atoms with Crippen LogP contribution in [0.15, 0.2) is 24.3 Å². The van der Waals surface area contributed by atoms with Crippen LogP contribution in [0.25, 0.3) is 0 Å². The number of hydrogen-bond acceptors (Lipinski definition) is 4. The van der Waals surface area contributed by atoms with Gasteiger partial charge in [0.1, 0.15) is 0 Å². The standard InChI is InChI=1S/C12H16ClN5/c1-14-11(8-12-15-17-18(2)16-12)7-9-3-5-10(13)6-4-9/h3-6,11,14H,7-8H2,1-2H3. The van der Waals surface area contributed by atoms with Gasteiger partial charge in [-0.05, 0) is 36.4 Å². The van der Waals surface area contributed by atoms with E-state index >= 15 is 0 Å². The summed E-state index contributed by atoms with van der Waals surface area (Å²) in [5.74, 6) is 0.755. The third-order valence-electron chi connectivity index (χ3n) is 2.78. The number of hydrogen-bond donors (Lipinski definition) is 1. The number of nitrogens with one attached hydrogen (secondary N) is 1. The lowest BCUT2D eigenvalue weighted by Gasteiger charge is -2.14. The first-order valence-electron chi connectivity index (χ1n) is 5.82. The van der Waals surface area contributed by atoms with Gasteiger partial charge in [-0.1, -0.05) is 23.7 Å². The van der Waals surface area contributed by atoms with Crippen LogP contribution in [0.2, 0.25) is 5.02 Å². The minimum absolute atomic E-state index is 0.287. The molecule has 0 saturated heterocycles. The summed E-state index contributed by atoms with van der Waals surface area (Å²) in [6.45, 7) is 0. The van der Waals surface area contributed by atoms with E-state index in [1.807, 2.05) is 31.3 Å². The molecule has 1 atom stereocenters. The highest BCUT2D eigenvalue weighted by atomic mass is 35.5. The number of nitrogens with zero attached hydrogens (tertiary/aromatic N) is 4. The van der Waals surface area contributed by atoms with Gasteiger partial charge in [-0.25, -0.2) is 0 Å². The van der Waals surface area contributed by atoms with E-state index in [1.165, 1.54) is 10.4 Å². The van der Waals surface area contributed by atoms with Crippen LogP contribution in [-0.2, 0) is 19.9 Å². The topological polar surface area (TPSA) is 55.6 Å². The van der Waals surface area contributed by atoms with Crippen molar-refractivity contribution in [2.45, 2.75) is 18.9 Å². The molecule has 18 heavy (non-hydrogen) atoms. The fraction of sp³-hybridized carbons (Fsp3) is 0.417. The second kappa shape index (κ2) is 5.93. The first-order chi connectivity index (χ1) is 8.67. The van der Waals surface area contributed by atoms with Crippen LogP contribution in [0.3, 0.4) is 0 Å². The van der Waals surface area contributed by atoms with Crippen molar-refractivity contribution in [2.75, 3.05) is 7.05 Å². The average Bonchev–Trinajstić information content (AvgIpc) is 2.77. The van der Waals surface area contributed by atoms with Crippen LogP contribution in [0.1, 0.15) is 11.4 Å². The second-order valence-corrected chi connectivity index (χ2v) is 4.65. The van der Waals surface area contributed by atoms with Crippen molar-refractivity contribution >= 4 is 11.6 Å². The van der Waals surface area contributed by atoms with E-state index in [9.17, 15) is 0 Å². The van der Waals surface area contributed by atoms with E-state index < -0.39 is 0 Å². The van der Waals surface area contributed by atoms with Gasteiger partial charge >= 0.3 is 0 Å². The number of likely N-dealkylation sites (N-methyl/N-ethyl adjacent to an activating group) is 1. The highest BCUT2D eigenvalue weighted by Gasteiger charge is 2.11. The van der Waals surface area contributed by atoms with E-state index in [0.717, 1.165) is 23.7 Å². The third-order valence-corrected chi connectivity index (χ3v) is 3.03. The lowest BCUT2D eigenvalue weighted by Crippen LogP contribution is -2.30. The van der Waals surface area contributed by atoms with Crippen molar-refractivity contribution in [1.82, 2.24) is 25.5 Å². The molecule has 96 valence electrons. The van der Waals surface area contributed by atoms with Crippen LogP contribution in [-0.4, -0.2) is 33.3 Å². The Morgan fingerprint density at radius 1 is 1.28 bits per heavy atom. The number of tetrazole rings is 1. The van der Waals surface area contributed by atoms with Gasteiger partial charge in [-0.3, -0.25) is 0 Å².